The first kappa shape index (κ1) is 12.0. The van der Waals surface area contributed by atoms with Crippen LogP contribution in [0.5, 0.6) is 0 Å². The van der Waals surface area contributed by atoms with E-state index in [1.165, 1.54) is 36.5 Å². The molecule has 2 heterocycles. The number of hydrogen-bond donors (Lipinski definition) is 1. The van der Waals surface area contributed by atoms with Crippen LogP contribution in [0.15, 0.2) is 5.51 Å². The van der Waals surface area contributed by atoms with Crippen LogP contribution in [-0.4, -0.2) is 36.6 Å². The molecule has 1 N–H and O–H groups in total. The molecule has 90 valence electrons. The van der Waals surface area contributed by atoms with E-state index in [1.807, 2.05) is 5.51 Å². The fourth-order valence-corrected chi connectivity index (χ4v) is 2.90. The molecule has 0 aromatic carbocycles. The lowest BCUT2D eigenvalue weighted by Crippen LogP contribution is -2.34. The van der Waals surface area contributed by atoms with Gasteiger partial charge in [-0.3, -0.25) is 0 Å². The Hall–Kier alpha value is -0.450. The van der Waals surface area contributed by atoms with E-state index in [0.29, 0.717) is 0 Å². The second-order valence-corrected chi connectivity index (χ2v) is 5.68. The number of rotatable bonds is 4. The Kier molecular flexibility index (Phi) is 4.32. The number of aromatic nitrogens is 1. The highest BCUT2D eigenvalue weighted by atomic mass is 32.1. The normalized spacial score (nSPS) is 19.1. The van der Waals surface area contributed by atoms with E-state index in [4.69, 9.17) is 0 Å². The Morgan fingerprint density at radius 1 is 1.50 bits per heavy atom. The number of nitrogens with zero attached hydrogens (tertiary/aromatic N) is 2. The van der Waals surface area contributed by atoms with Crippen LogP contribution >= 0.6 is 11.3 Å². The van der Waals surface area contributed by atoms with E-state index >= 15 is 0 Å². The van der Waals surface area contributed by atoms with Gasteiger partial charge in [-0.25, -0.2) is 4.98 Å². The Morgan fingerprint density at radius 3 is 2.88 bits per heavy atom. The van der Waals surface area contributed by atoms with Crippen molar-refractivity contribution in [2.24, 2.45) is 5.92 Å². The van der Waals surface area contributed by atoms with Gasteiger partial charge in [0.15, 0.2) is 0 Å². The van der Waals surface area contributed by atoms with Gasteiger partial charge in [0.25, 0.3) is 0 Å². The quantitative estimate of drug-likeness (QED) is 0.869. The molecule has 1 saturated heterocycles. The van der Waals surface area contributed by atoms with Crippen LogP contribution in [0.2, 0.25) is 0 Å². The van der Waals surface area contributed by atoms with Gasteiger partial charge in [0.05, 0.1) is 11.2 Å². The summed E-state index contributed by atoms with van der Waals surface area (Å²) in [6.07, 6.45) is 2.68. The van der Waals surface area contributed by atoms with Gasteiger partial charge < -0.3 is 10.2 Å². The second-order valence-electron chi connectivity index (χ2n) is 4.74. The van der Waals surface area contributed by atoms with Crippen LogP contribution in [0.25, 0.3) is 0 Å². The van der Waals surface area contributed by atoms with E-state index in [9.17, 15) is 0 Å². The highest BCUT2D eigenvalue weighted by molar-refractivity contribution is 7.09. The van der Waals surface area contributed by atoms with Gasteiger partial charge in [-0.15, -0.1) is 11.3 Å². The van der Waals surface area contributed by atoms with E-state index in [1.54, 1.807) is 11.3 Å². The van der Waals surface area contributed by atoms with Crippen molar-refractivity contribution in [2.45, 2.75) is 26.3 Å². The summed E-state index contributed by atoms with van der Waals surface area (Å²) in [5.41, 5.74) is 3.11. The molecule has 1 aromatic heterocycles. The van der Waals surface area contributed by atoms with Gasteiger partial charge in [-0.2, -0.15) is 0 Å². The number of thiazole rings is 1. The Labute approximate surface area is 102 Å². The lowest BCUT2D eigenvalue weighted by Gasteiger charge is -2.29. The summed E-state index contributed by atoms with van der Waals surface area (Å²) in [5, 5.41) is 3.57. The van der Waals surface area contributed by atoms with E-state index in [2.05, 4.69) is 29.2 Å². The molecule has 16 heavy (non-hydrogen) atoms. The Balaban J connectivity index is 1.67. The summed E-state index contributed by atoms with van der Waals surface area (Å²) < 4.78 is 0. The number of piperidine rings is 1. The maximum atomic E-state index is 4.26. The first-order valence-electron chi connectivity index (χ1n) is 6.04. The standard InChI is InChI=1S/C12H21N3S/c1-10-12(16-9-14-10)8-13-7-11-3-5-15(2)6-4-11/h9,11,13H,3-8H2,1-2H3. The third-order valence-electron chi connectivity index (χ3n) is 3.40. The van der Waals surface area contributed by atoms with Crippen molar-refractivity contribution >= 4 is 11.3 Å². The molecule has 4 heteroatoms. The smallest absolute Gasteiger partial charge is 0.0798 e. The molecule has 0 spiro atoms. The molecule has 0 bridgehead atoms. The first-order valence-corrected chi connectivity index (χ1v) is 6.92. The molecule has 0 unspecified atom stereocenters. The molecule has 0 saturated carbocycles. The number of likely N-dealkylation sites (tertiary alicyclic amines) is 1. The number of hydrogen-bond acceptors (Lipinski definition) is 4. The van der Waals surface area contributed by atoms with E-state index in [-0.39, 0.29) is 0 Å². The molecule has 1 fully saturated rings. The van der Waals surface area contributed by atoms with Gasteiger partial charge in [0, 0.05) is 11.4 Å². The maximum Gasteiger partial charge on any atom is 0.0798 e. The summed E-state index contributed by atoms with van der Waals surface area (Å²) in [6.45, 7) is 6.75. The zero-order valence-electron chi connectivity index (χ0n) is 10.2. The van der Waals surface area contributed by atoms with Crippen LogP contribution in [-0.2, 0) is 6.54 Å². The minimum absolute atomic E-state index is 0.865. The zero-order chi connectivity index (χ0) is 11.4. The Bertz CT molecular complexity index is 316. The molecular formula is C12H21N3S. The van der Waals surface area contributed by atoms with Crippen LogP contribution in [0.3, 0.4) is 0 Å². The number of aryl methyl sites for hydroxylation is 1. The molecule has 1 aliphatic heterocycles. The van der Waals surface area contributed by atoms with Crippen molar-refractivity contribution in [1.29, 1.82) is 0 Å². The summed E-state index contributed by atoms with van der Waals surface area (Å²) in [7, 11) is 2.21. The summed E-state index contributed by atoms with van der Waals surface area (Å²) in [5.74, 6) is 0.865. The van der Waals surface area contributed by atoms with Crippen molar-refractivity contribution in [1.82, 2.24) is 15.2 Å². The molecule has 1 aliphatic rings. The third kappa shape index (κ3) is 3.27. The summed E-state index contributed by atoms with van der Waals surface area (Å²) in [4.78, 5) is 8.07. The number of nitrogens with one attached hydrogen (secondary N) is 1. The predicted molar refractivity (Wildman–Crippen MR) is 68.8 cm³/mol. The lowest BCUT2D eigenvalue weighted by molar-refractivity contribution is 0.216. The molecule has 3 nitrogen and oxygen atoms in total. The predicted octanol–water partition coefficient (Wildman–Crippen LogP) is 1.88. The topological polar surface area (TPSA) is 28.2 Å². The summed E-state index contributed by atoms with van der Waals surface area (Å²) in [6, 6.07) is 0. The van der Waals surface area contributed by atoms with E-state index in [0.717, 1.165) is 19.0 Å². The molecule has 0 atom stereocenters. The minimum Gasteiger partial charge on any atom is -0.312 e. The molecule has 1 aromatic rings. The van der Waals surface area contributed by atoms with Gasteiger partial charge in [-0.1, -0.05) is 0 Å². The molecule has 0 radical (unpaired) electrons. The van der Waals surface area contributed by atoms with Gasteiger partial charge >= 0.3 is 0 Å². The fourth-order valence-electron chi connectivity index (χ4n) is 2.15. The molecule has 0 aliphatic carbocycles. The molecule has 0 amide bonds. The van der Waals surface area contributed by atoms with Gasteiger partial charge in [0.1, 0.15) is 0 Å². The highest BCUT2D eigenvalue weighted by Gasteiger charge is 2.16. The van der Waals surface area contributed by atoms with Crippen molar-refractivity contribution < 1.29 is 0 Å². The SMILES string of the molecule is Cc1ncsc1CNCC1CCN(C)CC1. The van der Waals surface area contributed by atoms with Crippen LogP contribution < -0.4 is 5.32 Å². The molecule has 2 rings (SSSR count). The van der Waals surface area contributed by atoms with Crippen molar-refractivity contribution in [3.63, 3.8) is 0 Å². The largest absolute Gasteiger partial charge is 0.312 e. The van der Waals surface area contributed by atoms with Gasteiger partial charge in [-0.05, 0) is 52.4 Å². The minimum atomic E-state index is 0.865. The highest BCUT2D eigenvalue weighted by Crippen LogP contribution is 2.16. The Morgan fingerprint density at radius 2 is 2.25 bits per heavy atom. The summed E-state index contributed by atoms with van der Waals surface area (Å²) >= 11 is 1.75. The zero-order valence-corrected chi connectivity index (χ0v) is 11.0. The average molecular weight is 239 g/mol. The van der Waals surface area contributed by atoms with Crippen LogP contribution in [0.4, 0.5) is 0 Å². The van der Waals surface area contributed by atoms with Crippen molar-refractivity contribution in [3.8, 4) is 0 Å². The fraction of sp³-hybridized carbons (Fsp3) is 0.750. The van der Waals surface area contributed by atoms with Crippen LogP contribution in [0.1, 0.15) is 23.4 Å². The van der Waals surface area contributed by atoms with E-state index < -0.39 is 0 Å². The van der Waals surface area contributed by atoms with Gasteiger partial charge in [0.2, 0.25) is 0 Å². The van der Waals surface area contributed by atoms with Crippen LogP contribution in [0, 0.1) is 12.8 Å². The second kappa shape index (κ2) is 5.75. The van der Waals surface area contributed by atoms with Crippen molar-refractivity contribution in [3.05, 3.63) is 16.1 Å². The lowest BCUT2D eigenvalue weighted by atomic mass is 9.97. The monoisotopic (exact) mass is 239 g/mol. The third-order valence-corrected chi connectivity index (χ3v) is 4.34. The first-order chi connectivity index (χ1) is 7.75. The van der Waals surface area contributed by atoms with Crippen molar-refractivity contribution in [2.75, 3.05) is 26.7 Å². The average Bonchev–Trinajstić information content (AvgIpc) is 2.68. The molecular weight excluding hydrogens is 218 g/mol. The maximum absolute atomic E-state index is 4.26.